The van der Waals surface area contributed by atoms with Crippen molar-refractivity contribution in [1.82, 2.24) is 19.6 Å². The summed E-state index contributed by atoms with van der Waals surface area (Å²) >= 11 is 1.27. The highest BCUT2D eigenvalue weighted by molar-refractivity contribution is 7.15. The highest BCUT2D eigenvalue weighted by Crippen LogP contribution is 2.31. The lowest BCUT2D eigenvalue weighted by Crippen LogP contribution is -2.41. The second kappa shape index (κ2) is 5.73. The van der Waals surface area contributed by atoms with Gasteiger partial charge in [-0.15, -0.1) is 11.3 Å². The van der Waals surface area contributed by atoms with Crippen molar-refractivity contribution in [2.45, 2.75) is 19.0 Å². The number of nitrogens with zero attached hydrogens (tertiary/aromatic N) is 3. The number of amides is 3. The molecule has 1 N–H and O–H groups in total. The molecule has 3 heterocycles. The van der Waals surface area contributed by atoms with Gasteiger partial charge in [-0.25, -0.2) is 14.2 Å². The van der Waals surface area contributed by atoms with E-state index in [4.69, 9.17) is 0 Å². The number of rotatable bonds is 3. The Bertz CT molecular complexity index is 1110. The van der Waals surface area contributed by atoms with E-state index in [1.54, 1.807) is 17.6 Å². The van der Waals surface area contributed by atoms with Crippen LogP contribution in [0.2, 0.25) is 0 Å². The van der Waals surface area contributed by atoms with Gasteiger partial charge in [0.25, 0.3) is 11.5 Å². The minimum absolute atomic E-state index is 0.0857. The van der Waals surface area contributed by atoms with Gasteiger partial charge in [-0.2, -0.15) is 0 Å². The van der Waals surface area contributed by atoms with Gasteiger partial charge in [-0.05, 0) is 13.0 Å². The summed E-state index contributed by atoms with van der Waals surface area (Å²) in [6, 6.07) is 6.41. The minimum Gasteiger partial charge on any atom is -0.319 e. The molecule has 1 saturated heterocycles. The van der Waals surface area contributed by atoms with Gasteiger partial charge in [0.1, 0.15) is 11.4 Å². The van der Waals surface area contributed by atoms with Gasteiger partial charge in [0.2, 0.25) is 0 Å². The van der Waals surface area contributed by atoms with Crippen LogP contribution < -0.4 is 10.9 Å². The predicted octanol–water partition coefficient (Wildman–Crippen LogP) is 1.86. The molecule has 132 valence electrons. The van der Waals surface area contributed by atoms with Gasteiger partial charge in [0.15, 0.2) is 4.96 Å². The summed E-state index contributed by atoms with van der Waals surface area (Å²) in [4.78, 5) is 43.0. The number of benzene rings is 1. The number of urea groups is 1. The Morgan fingerprint density at radius 1 is 1.27 bits per heavy atom. The Balaban J connectivity index is 1.69. The maximum absolute atomic E-state index is 14.2. The van der Waals surface area contributed by atoms with Crippen molar-refractivity contribution in [1.29, 1.82) is 0 Å². The summed E-state index contributed by atoms with van der Waals surface area (Å²) in [6.45, 7) is 1.29. The molecule has 0 saturated carbocycles. The average Bonchev–Trinajstić information content (AvgIpc) is 3.15. The van der Waals surface area contributed by atoms with E-state index < -0.39 is 23.3 Å². The number of imide groups is 1. The molecule has 9 heteroatoms. The van der Waals surface area contributed by atoms with Crippen LogP contribution in [-0.4, -0.2) is 26.2 Å². The molecule has 1 fully saturated rings. The molecular weight excluding hydrogens is 359 g/mol. The highest BCUT2D eigenvalue weighted by atomic mass is 32.1. The second-order valence-corrected chi connectivity index (χ2v) is 6.94. The van der Waals surface area contributed by atoms with Crippen LogP contribution >= 0.6 is 11.3 Å². The first-order valence-corrected chi connectivity index (χ1v) is 8.63. The maximum atomic E-state index is 14.2. The van der Waals surface area contributed by atoms with E-state index in [-0.39, 0.29) is 17.7 Å². The Morgan fingerprint density at radius 2 is 2.04 bits per heavy atom. The van der Waals surface area contributed by atoms with Crippen molar-refractivity contribution in [3.8, 4) is 0 Å². The van der Waals surface area contributed by atoms with Gasteiger partial charge < -0.3 is 5.32 Å². The van der Waals surface area contributed by atoms with E-state index in [1.165, 1.54) is 46.9 Å². The number of fused-ring (bicyclic) bond motifs is 1. The molecule has 3 aromatic rings. The topological polar surface area (TPSA) is 83.8 Å². The normalized spacial score (nSPS) is 20.0. The first kappa shape index (κ1) is 16.4. The summed E-state index contributed by atoms with van der Waals surface area (Å²) in [5.41, 5.74) is -1.43. The van der Waals surface area contributed by atoms with Crippen LogP contribution in [0.5, 0.6) is 0 Å². The van der Waals surface area contributed by atoms with Gasteiger partial charge in [-0.3, -0.25) is 18.9 Å². The molecular formula is C17H13FN4O3S. The minimum atomic E-state index is -1.51. The summed E-state index contributed by atoms with van der Waals surface area (Å²) in [5, 5.41) is 4.26. The number of aromatic nitrogens is 2. The molecule has 4 rings (SSSR count). The summed E-state index contributed by atoms with van der Waals surface area (Å²) in [5.74, 6) is -1.18. The average molecular weight is 372 g/mol. The number of halogens is 1. The van der Waals surface area contributed by atoms with E-state index >= 15 is 0 Å². The molecule has 0 radical (unpaired) electrons. The van der Waals surface area contributed by atoms with Crippen molar-refractivity contribution in [2.24, 2.45) is 0 Å². The highest BCUT2D eigenvalue weighted by Gasteiger charge is 2.50. The fourth-order valence-electron chi connectivity index (χ4n) is 3.02. The molecule has 0 spiro atoms. The lowest BCUT2D eigenvalue weighted by atomic mass is 9.91. The van der Waals surface area contributed by atoms with Crippen molar-refractivity contribution in [3.63, 3.8) is 0 Å². The first-order valence-electron chi connectivity index (χ1n) is 7.75. The zero-order valence-electron chi connectivity index (χ0n) is 13.6. The molecule has 1 aliphatic heterocycles. The standard InChI is InChI=1S/C17H13FN4O3S/c1-17(11-4-2-3-5-12(11)18)14(24)22(15(25)20-17)9-10-8-13(23)21-6-7-26-16(21)19-10/h2-8H,9H2,1H3,(H,20,25). The second-order valence-electron chi connectivity index (χ2n) is 6.07. The van der Waals surface area contributed by atoms with E-state index in [2.05, 4.69) is 10.3 Å². The zero-order chi connectivity index (χ0) is 18.5. The Kier molecular flexibility index (Phi) is 3.62. The van der Waals surface area contributed by atoms with Gasteiger partial charge >= 0.3 is 6.03 Å². The number of thiazole rings is 1. The monoisotopic (exact) mass is 372 g/mol. The van der Waals surface area contributed by atoms with Gasteiger partial charge in [-0.1, -0.05) is 18.2 Å². The fourth-order valence-corrected chi connectivity index (χ4v) is 3.76. The summed E-state index contributed by atoms with van der Waals surface area (Å²) < 4.78 is 15.5. The van der Waals surface area contributed by atoms with Crippen molar-refractivity contribution < 1.29 is 14.0 Å². The van der Waals surface area contributed by atoms with E-state index in [1.807, 2.05) is 0 Å². The zero-order valence-corrected chi connectivity index (χ0v) is 14.4. The molecule has 2 aromatic heterocycles. The van der Waals surface area contributed by atoms with Crippen molar-refractivity contribution in [3.05, 3.63) is 69.3 Å². The Morgan fingerprint density at radius 3 is 2.81 bits per heavy atom. The van der Waals surface area contributed by atoms with Gasteiger partial charge in [0, 0.05) is 23.2 Å². The smallest absolute Gasteiger partial charge is 0.319 e. The molecule has 1 aromatic carbocycles. The van der Waals surface area contributed by atoms with Crippen LogP contribution in [0.1, 0.15) is 18.2 Å². The predicted molar refractivity (Wildman–Crippen MR) is 92.2 cm³/mol. The van der Waals surface area contributed by atoms with E-state index in [9.17, 15) is 18.8 Å². The number of carbonyl (C=O) groups excluding carboxylic acids is 2. The fraction of sp³-hybridized carbons (Fsp3) is 0.176. The number of carbonyl (C=O) groups is 2. The Labute approximate surface area is 150 Å². The maximum Gasteiger partial charge on any atom is 0.325 e. The molecule has 26 heavy (non-hydrogen) atoms. The molecule has 0 bridgehead atoms. The van der Waals surface area contributed by atoms with E-state index in [0.717, 1.165) is 4.90 Å². The van der Waals surface area contributed by atoms with Crippen molar-refractivity contribution >= 4 is 28.2 Å². The molecule has 1 aliphatic rings. The van der Waals surface area contributed by atoms with Crippen LogP contribution in [-0.2, 0) is 16.9 Å². The SMILES string of the molecule is CC1(c2ccccc2F)NC(=O)N(Cc2cc(=O)n3ccsc3n2)C1=O. The van der Waals surface area contributed by atoms with Crippen LogP contribution in [0.4, 0.5) is 9.18 Å². The molecule has 1 unspecified atom stereocenters. The van der Waals surface area contributed by atoms with Crippen molar-refractivity contribution in [2.75, 3.05) is 0 Å². The van der Waals surface area contributed by atoms with Gasteiger partial charge in [0.05, 0.1) is 12.2 Å². The van der Waals surface area contributed by atoms with Crippen LogP contribution in [0.3, 0.4) is 0 Å². The molecule has 1 atom stereocenters. The largest absolute Gasteiger partial charge is 0.325 e. The number of nitrogens with one attached hydrogen (secondary N) is 1. The first-order chi connectivity index (χ1) is 12.4. The van der Waals surface area contributed by atoms with Crippen LogP contribution in [0.15, 0.2) is 46.7 Å². The van der Waals surface area contributed by atoms with Crippen LogP contribution in [0, 0.1) is 5.82 Å². The molecule has 3 amide bonds. The third-order valence-corrected chi connectivity index (χ3v) is 5.12. The molecule has 7 nitrogen and oxygen atoms in total. The summed E-state index contributed by atoms with van der Waals surface area (Å²) in [6.07, 6.45) is 1.60. The lowest BCUT2D eigenvalue weighted by molar-refractivity contribution is -0.131. The quantitative estimate of drug-likeness (QED) is 0.712. The third-order valence-electron chi connectivity index (χ3n) is 4.36. The molecule has 0 aliphatic carbocycles. The Hall–Kier alpha value is -3.07. The number of hydrogen-bond donors (Lipinski definition) is 1. The lowest BCUT2D eigenvalue weighted by Gasteiger charge is -2.22. The summed E-state index contributed by atoms with van der Waals surface area (Å²) in [7, 11) is 0. The van der Waals surface area contributed by atoms with E-state index in [0.29, 0.717) is 10.7 Å². The number of hydrogen-bond acceptors (Lipinski definition) is 5. The van der Waals surface area contributed by atoms with Crippen LogP contribution in [0.25, 0.3) is 4.96 Å². The third kappa shape index (κ3) is 2.39.